The van der Waals surface area contributed by atoms with Crippen LogP contribution in [0, 0.1) is 5.92 Å². The van der Waals surface area contributed by atoms with Gasteiger partial charge in [-0.25, -0.2) is 0 Å². The van der Waals surface area contributed by atoms with Crippen molar-refractivity contribution in [2.75, 3.05) is 13.6 Å². The summed E-state index contributed by atoms with van der Waals surface area (Å²) in [4.78, 5) is 15.0. The minimum absolute atomic E-state index is 0.0923. The third-order valence-electron chi connectivity index (χ3n) is 5.93. The van der Waals surface area contributed by atoms with E-state index in [4.69, 9.17) is 11.6 Å². The standard InChI is InChI=1S/C22H25ClN2O/c1-25-14-18-7-4-8-21(23)20(18)12-19(25)13-24-22(26)17-10-9-15-5-2-3-6-16(15)11-17/h2-8,17,19H,9-14H2,1H3,(H,24,26)/t17?,19-/m0/s1. The number of benzene rings is 2. The van der Waals surface area contributed by atoms with Crippen molar-refractivity contribution in [2.45, 2.75) is 38.3 Å². The minimum atomic E-state index is 0.0923. The summed E-state index contributed by atoms with van der Waals surface area (Å²) < 4.78 is 0. The Bertz CT molecular complexity index is 820. The quantitative estimate of drug-likeness (QED) is 0.897. The Morgan fingerprint density at radius 2 is 1.88 bits per heavy atom. The normalized spacial score (nSPS) is 22.4. The maximum absolute atomic E-state index is 12.7. The molecule has 0 fully saturated rings. The number of hydrogen-bond donors (Lipinski definition) is 1. The molecule has 4 rings (SSSR count). The van der Waals surface area contributed by atoms with Gasteiger partial charge in [-0.1, -0.05) is 48.0 Å². The zero-order valence-corrected chi connectivity index (χ0v) is 15.9. The molecule has 1 N–H and O–H groups in total. The molecule has 1 heterocycles. The maximum Gasteiger partial charge on any atom is 0.223 e. The zero-order valence-electron chi connectivity index (χ0n) is 15.2. The van der Waals surface area contributed by atoms with Crippen LogP contribution in [0.2, 0.25) is 5.02 Å². The van der Waals surface area contributed by atoms with Crippen molar-refractivity contribution >= 4 is 17.5 Å². The second-order valence-corrected chi connectivity index (χ2v) is 8.01. The van der Waals surface area contributed by atoms with Crippen LogP contribution in [0.3, 0.4) is 0 Å². The van der Waals surface area contributed by atoms with Crippen molar-refractivity contribution in [3.05, 3.63) is 69.7 Å². The Kier molecular flexibility index (Phi) is 5.01. The van der Waals surface area contributed by atoms with E-state index >= 15 is 0 Å². The van der Waals surface area contributed by atoms with E-state index in [-0.39, 0.29) is 11.8 Å². The number of halogens is 1. The van der Waals surface area contributed by atoms with Crippen LogP contribution in [0.4, 0.5) is 0 Å². The van der Waals surface area contributed by atoms with Gasteiger partial charge in [0.2, 0.25) is 5.91 Å². The number of amides is 1. The van der Waals surface area contributed by atoms with Gasteiger partial charge in [0.1, 0.15) is 0 Å². The maximum atomic E-state index is 12.7. The first-order chi connectivity index (χ1) is 12.6. The molecule has 136 valence electrons. The first-order valence-corrected chi connectivity index (χ1v) is 9.80. The number of nitrogens with one attached hydrogen (secondary N) is 1. The van der Waals surface area contributed by atoms with Crippen LogP contribution >= 0.6 is 11.6 Å². The molecule has 1 aliphatic heterocycles. The molecule has 0 saturated heterocycles. The van der Waals surface area contributed by atoms with Crippen LogP contribution < -0.4 is 5.32 Å². The lowest BCUT2D eigenvalue weighted by atomic mass is 9.83. The average Bonchev–Trinajstić information content (AvgIpc) is 2.66. The molecule has 2 atom stereocenters. The molecular weight excluding hydrogens is 344 g/mol. The Morgan fingerprint density at radius 3 is 2.73 bits per heavy atom. The highest BCUT2D eigenvalue weighted by Gasteiger charge is 2.28. The molecule has 0 saturated carbocycles. The second-order valence-electron chi connectivity index (χ2n) is 7.60. The highest BCUT2D eigenvalue weighted by atomic mass is 35.5. The van der Waals surface area contributed by atoms with Gasteiger partial charge in [0.05, 0.1) is 0 Å². The van der Waals surface area contributed by atoms with Crippen LogP contribution in [0.15, 0.2) is 42.5 Å². The fourth-order valence-electron chi connectivity index (χ4n) is 4.28. The number of fused-ring (bicyclic) bond motifs is 2. The molecule has 1 aliphatic carbocycles. The molecule has 2 aromatic carbocycles. The fraction of sp³-hybridized carbons (Fsp3) is 0.409. The number of hydrogen-bond acceptors (Lipinski definition) is 2. The van der Waals surface area contributed by atoms with Crippen molar-refractivity contribution in [1.82, 2.24) is 10.2 Å². The highest BCUT2D eigenvalue weighted by Crippen LogP contribution is 2.29. The van der Waals surface area contributed by atoms with Crippen molar-refractivity contribution in [3.8, 4) is 0 Å². The van der Waals surface area contributed by atoms with Gasteiger partial charge in [-0.2, -0.15) is 0 Å². The molecule has 0 radical (unpaired) electrons. The molecule has 1 amide bonds. The van der Waals surface area contributed by atoms with Gasteiger partial charge in [0.25, 0.3) is 0 Å². The van der Waals surface area contributed by atoms with E-state index in [2.05, 4.69) is 47.6 Å². The first kappa shape index (κ1) is 17.6. The van der Waals surface area contributed by atoms with E-state index in [0.717, 1.165) is 37.3 Å². The molecule has 0 aromatic heterocycles. The highest BCUT2D eigenvalue weighted by molar-refractivity contribution is 6.31. The lowest BCUT2D eigenvalue weighted by molar-refractivity contribution is -0.125. The zero-order chi connectivity index (χ0) is 18.1. The second kappa shape index (κ2) is 7.42. The minimum Gasteiger partial charge on any atom is -0.354 e. The summed E-state index contributed by atoms with van der Waals surface area (Å²) in [5.74, 6) is 0.285. The topological polar surface area (TPSA) is 32.3 Å². The number of carbonyl (C=O) groups excluding carboxylic acids is 1. The number of likely N-dealkylation sites (N-methyl/N-ethyl adjacent to an activating group) is 1. The van der Waals surface area contributed by atoms with E-state index in [0.29, 0.717) is 12.6 Å². The number of carbonyl (C=O) groups is 1. The van der Waals surface area contributed by atoms with Crippen molar-refractivity contribution in [3.63, 3.8) is 0 Å². The predicted octanol–water partition coefficient (Wildman–Crippen LogP) is 3.62. The molecular formula is C22H25ClN2O. The third kappa shape index (κ3) is 3.51. The van der Waals surface area contributed by atoms with E-state index in [9.17, 15) is 4.79 Å². The number of aryl methyl sites for hydroxylation is 1. The largest absolute Gasteiger partial charge is 0.354 e. The van der Waals surface area contributed by atoms with Gasteiger partial charge >= 0.3 is 0 Å². The smallest absolute Gasteiger partial charge is 0.223 e. The van der Waals surface area contributed by atoms with Crippen LogP contribution in [0.25, 0.3) is 0 Å². The Hall–Kier alpha value is -1.84. The molecule has 26 heavy (non-hydrogen) atoms. The lowest BCUT2D eigenvalue weighted by Crippen LogP contribution is -2.47. The molecule has 4 heteroatoms. The summed E-state index contributed by atoms with van der Waals surface area (Å²) in [7, 11) is 2.12. The van der Waals surface area contributed by atoms with Crippen LogP contribution in [-0.4, -0.2) is 30.4 Å². The monoisotopic (exact) mass is 368 g/mol. The summed E-state index contributed by atoms with van der Waals surface area (Å²) in [5.41, 5.74) is 5.26. The van der Waals surface area contributed by atoms with E-state index in [1.165, 1.54) is 22.3 Å². The van der Waals surface area contributed by atoms with Gasteiger partial charge in [-0.3, -0.25) is 9.69 Å². The molecule has 3 nitrogen and oxygen atoms in total. The van der Waals surface area contributed by atoms with E-state index in [1.807, 2.05) is 12.1 Å². The molecule has 1 unspecified atom stereocenters. The molecule has 0 bridgehead atoms. The predicted molar refractivity (Wildman–Crippen MR) is 105 cm³/mol. The summed E-state index contributed by atoms with van der Waals surface area (Å²) in [6.45, 7) is 1.56. The Balaban J connectivity index is 1.37. The number of rotatable bonds is 3. The van der Waals surface area contributed by atoms with Gasteiger partial charge in [-0.15, -0.1) is 0 Å². The number of nitrogens with zero attached hydrogens (tertiary/aromatic N) is 1. The van der Waals surface area contributed by atoms with Gasteiger partial charge in [-0.05, 0) is 61.1 Å². The van der Waals surface area contributed by atoms with Crippen LogP contribution in [0.1, 0.15) is 28.7 Å². The average molecular weight is 369 g/mol. The van der Waals surface area contributed by atoms with Crippen molar-refractivity contribution in [1.29, 1.82) is 0 Å². The molecule has 0 spiro atoms. The summed E-state index contributed by atoms with van der Waals surface area (Å²) in [6, 6.07) is 14.9. The summed E-state index contributed by atoms with van der Waals surface area (Å²) in [5, 5.41) is 4.05. The summed E-state index contributed by atoms with van der Waals surface area (Å²) >= 11 is 6.38. The molecule has 2 aromatic rings. The van der Waals surface area contributed by atoms with E-state index < -0.39 is 0 Å². The van der Waals surface area contributed by atoms with Crippen molar-refractivity contribution in [2.24, 2.45) is 5.92 Å². The van der Waals surface area contributed by atoms with Gasteiger partial charge < -0.3 is 5.32 Å². The van der Waals surface area contributed by atoms with Gasteiger partial charge in [0.15, 0.2) is 0 Å². The van der Waals surface area contributed by atoms with Crippen LogP contribution in [-0.2, 0) is 30.6 Å². The summed E-state index contributed by atoms with van der Waals surface area (Å²) in [6.07, 6.45) is 3.69. The third-order valence-corrected chi connectivity index (χ3v) is 6.28. The fourth-order valence-corrected chi connectivity index (χ4v) is 4.55. The molecule has 2 aliphatic rings. The SMILES string of the molecule is CN1Cc2cccc(Cl)c2C[C@H]1CNC(=O)C1CCc2ccccc2C1. The van der Waals surface area contributed by atoms with E-state index in [1.54, 1.807) is 0 Å². The van der Waals surface area contributed by atoms with Crippen LogP contribution in [0.5, 0.6) is 0 Å². The van der Waals surface area contributed by atoms with Gasteiger partial charge in [0, 0.05) is 30.1 Å². The van der Waals surface area contributed by atoms with Crippen molar-refractivity contribution < 1.29 is 4.79 Å². The Morgan fingerprint density at radius 1 is 1.12 bits per heavy atom. The lowest BCUT2D eigenvalue weighted by Gasteiger charge is -2.35. The first-order valence-electron chi connectivity index (χ1n) is 9.43. The Labute approximate surface area is 160 Å².